The Kier molecular flexibility index (Phi) is 12.4. The van der Waals surface area contributed by atoms with E-state index in [2.05, 4.69) is 0 Å². The zero-order valence-corrected chi connectivity index (χ0v) is 22.2. The Balaban J connectivity index is 2.12. The first-order chi connectivity index (χ1) is 17.2. The van der Waals surface area contributed by atoms with Crippen LogP contribution in [0.15, 0.2) is 41.3 Å². The number of ether oxygens (including phenoxy) is 1. The summed E-state index contributed by atoms with van der Waals surface area (Å²) in [5.41, 5.74) is 1.55. The first kappa shape index (κ1) is 29.8. The highest BCUT2D eigenvalue weighted by Crippen LogP contribution is 2.33. The Morgan fingerprint density at radius 1 is 1.08 bits per heavy atom. The van der Waals surface area contributed by atoms with Gasteiger partial charge in [0.15, 0.2) is 17.4 Å². The molecule has 0 saturated heterocycles. The third-order valence-corrected chi connectivity index (χ3v) is 6.64. The van der Waals surface area contributed by atoms with Gasteiger partial charge in [0.05, 0.1) is 6.54 Å². The van der Waals surface area contributed by atoms with E-state index in [1.807, 2.05) is 13.8 Å². The van der Waals surface area contributed by atoms with Crippen LogP contribution in [0, 0.1) is 17.6 Å². The first-order valence-electron chi connectivity index (χ1n) is 11.7. The molecule has 2 rings (SSSR count). The molecule has 0 aliphatic heterocycles. The lowest BCUT2D eigenvalue weighted by Gasteiger charge is -2.27. The number of carbonyl (C=O) groups is 2. The van der Waals surface area contributed by atoms with Gasteiger partial charge in [0, 0.05) is 36.0 Å². The van der Waals surface area contributed by atoms with E-state index in [4.69, 9.17) is 21.5 Å². The van der Waals surface area contributed by atoms with Crippen molar-refractivity contribution in [2.45, 2.75) is 44.4 Å². The monoisotopic (exact) mass is 543 g/mol. The van der Waals surface area contributed by atoms with Crippen molar-refractivity contribution in [3.63, 3.8) is 0 Å². The molecule has 0 aliphatic rings. The molecule has 0 fully saturated rings. The second-order valence-corrected chi connectivity index (χ2v) is 9.90. The summed E-state index contributed by atoms with van der Waals surface area (Å²) in [5, 5.41) is 9.40. The minimum absolute atomic E-state index is 0.0241. The predicted octanol–water partition coefficient (Wildman–Crippen LogP) is 5.90. The molecule has 2 aromatic carbocycles. The molecule has 0 spiro atoms. The maximum Gasteiger partial charge on any atom is 0.258 e. The van der Waals surface area contributed by atoms with Crippen LogP contribution in [-0.4, -0.2) is 52.9 Å². The number of carbonyl (C=O) groups excluding carboxylic acids is 2. The predicted molar refractivity (Wildman–Crippen MR) is 136 cm³/mol. The van der Waals surface area contributed by atoms with Gasteiger partial charge in [-0.1, -0.05) is 38.3 Å². The molecule has 2 amide bonds. The van der Waals surface area contributed by atoms with E-state index in [1.54, 1.807) is 17.4 Å². The molecule has 198 valence electrons. The van der Waals surface area contributed by atoms with E-state index in [0.717, 1.165) is 49.8 Å². The van der Waals surface area contributed by atoms with Crippen molar-refractivity contribution in [3.8, 4) is 11.5 Å². The topological polar surface area (TPSA) is 82.1 Å². The summed E-state index contributed by atoms with van der Waals surface area (Å²) in [6.07, 6.45) is 3.40. The molecule has 0 saturated carbocycles. The molecule has 0 unspecified atom stereocenters. The smallest absolute Gasteiger partial charge is 0.258 e. The third kappa shape index (κ3) is 9.24. The van der Waals surface area contributed by atoms with Crippen molar-refractivity contribution >= 4 is 35.4 Å². The molecule has 2 aromatic rings. The lowest BCUT2D eigenvalue weighted by atomic mass is 9.97. The van der Waals surface area contributed by atoms with Gasteiger partial charge in [-0.2, -0.15) is 0 Å². The lowest BCUT2D eigenvalue weighted by Crippen LogP contribution is -2.40. The van der Waals surface area contributed by atoms with Crippen LogP contribution in [0.3, 0.4) is 0 Å². The van der Waals surface area contributed by atoms with E-state index >= 15 is 0 Å². The van der Waals surface area contributed by atoms with Crippen LogP contribution in [0.2, 0.25) is 5.02 Å². The summed E-state index contributed by atoms with van der Waals surface area (Å²) in [6, 6.07) is 8.24. The summed E-state index contributed by atoms with van der Waals surface area (Å²) in [4.78, 5) is 26.4. The summed E-state index contributed by atoms with van der Waals surface area (Å²) < 4.78 is 36.3. The van der Waals surface area contributed by atoms with Crippen LogP contribution in [0.25, 0.3) is 0 Å². The number of hydrogen-bond donors (Lipinski definition) is 2. The SMILES string of the molecule is CCCC(CCC)C(=O)N(C)CCN(CC(=O)NO)Sc1cc(F)c(Oc2ccc(Cl)cc2)c(F)c1. The molecule has 0 bridgehead atoms. The summed E-state index contributed by atoms with van der Waals surface area (Å²) in [7, 11) is 1.69. The quantitative estimate of drug-likeness (QED) is 0.175. The van der Waals surface area contributed by atoms with Crippen LogP contribution in [0.4, 0.5) is 8.78 Å². The van der Waals surface area contributed by atoms with Crippen molar-refractivity contribution in [1.29, 1.82) is 0 Å². The molecule has 2 N–H and O–H groups in total. The Bertz CT molecular complexity index is 984. The number of likely N-dealkylation sites (N-methyl/N-ethyl adjacent to an activating group) is 1. The number of hydrogen-bond acceptors (Lipinski definition) is 6. The average molecular weight is 544 g/mol. The number of nitrogens with one attached hydrogen (secondary N) is 1. The highest BCUT2D eigenvalue weighted by molar-refractivity contribution is 7.97. The summed E-state index contributed by atoms with van der Waals surface area (Å²) in [6.45, 7) is 4.31. The number of benzene rings is 2. The molecule has 0 radical (unpaired) electrons. The fourth-order valence-electron chi connectivity index (χ4n) is 3.58. The van der Waals surface area contributed by atoms with Gasteiger partial charge in [-0.3, -0.25) is 14.8 Å². The number of nitrogens with zero attached hydrogens (tertiary/aromatic N) is 2. The normalized spacial score (nSPS) is 11.1. The van der Waals surface area contributed by atoms with E-state index in [9.17, 15) is 18.4 Å². The van der Waals surface area contributed by atoms with E-state index < -0.39 is 23.3 Å². The van der Waals surface area contributed by atoms with Gasteiger partial charge in [0.1, 0.15) is 5.75 Å². The number of halogens is 3. The minimum Gasteiger partial charge on any atom is -0.451 e. The van der Waals surface area contributed by atoms with Gasteiger partial charge < -0.3 is 9.64 Å². The first-order valence-corrected chi connectivity index (χ1v) is 12.9. The van der Waals surface area contributed by atoms with Gasteiger partial charge in [0.25, 0.3) is 5.91 Å². The molecule has 11 heteroatoms. The largest absolute Gasteiger partial charge is 0.451 e. The molecular formula is C25H32ClF2N3O4S. The summed E-state index contributed by atoms with van der Waals surface area (Å²) >= 11 is 6.75. The Labute approximate surface area is 219 Å². The zero-order chi connectivity index (χ0) is 26.7. The molecule has 0 atom stereocenters. The van der Waals surface area contributed by atoms with Crippen LogP contribution in [-0.2, 0) is 9.59 Å². The fourth-order valence-corrected chi connectivity index (χ4v) is 4.67. The van der Waals surface area contributed by atoms with E-state index in [-0.39, 0.29) is 42.1 Å². The maximum absolute atomic E-state index is 14.7. The third-order valence-electron chi connectivity index (χ3n) is 5.37. The van der Waals surface area contributed by atoms with Crippen LogP contribution >= 0.6 is 23.5 Å². The average Bonchev–Trinajstić information content (AvgIpc) is 2.85. The minimum atomic E-state index is -0.923. The second-order valence-electron chi connectivity index (χ2n) is 8.30. The van der Waals surface area contributed by atoms with Crippen molar-refractivity contribution in [3.05, 3.63) is 53.1 Å². The van der Waals surface area contributed by atoms with Gasteiger partial charge >= 0.3 is 0 Å². The van der Waals surface area contributed by atoms with Crippen molar-refractivity contribution in [2.75, 3.05) is 26.7 Å². The maximum atomic E-state index is 14.7. The van der Waals surface area contributed by atoms with E-state index in [0.29, 0.717) is 5.02 Å². The van der Waals surface area contributed by atoms with Crippen molar-refractivity contribution in [1.82, 2.24) is 14.7 Å². The van der Waals surface area contributed by atoms with Gasteiger partial charge in [-0.25, -0.2) is 18.6 Å². The molecule has 0 heterocycles. The molecule has 7 nitrogen and oxygen atoms in total. The molecular weight excluding hydrogens is 512 g/mol. The molecule has 0 aromatic heterocycles. The fraction of sp³-hybridized carbons (Fsp3) is 0.440. The standard InChI is InChI=1S/C25H32ClF2N3O4S/c1-4-6-17(7-5-2)25(33)30(3)12-13-31(16-23(32)29-34)36-20-14-21(27)24(22(28)15-20)35-19-10-8-18(26)9-11-19/h8-11,14-15,17,34H,4-7,12-13,16H2,1-3H3,(H,29,32). The summed E-state index contributed by atoms with van der Waals surface area (Å²) in [5.74, 6) is -2.93. The Morgan fingerprint density at radius 3 is 2.19 bits per heavy atom. The van der Waals surface area contributed by atoms with Crippen molar-refractivity contribution < 1.29 is 28.3 Å². The Morgan fingerprint density at radius 2 is 1.67 bits per heavy atom. The van der Waals surface area contributed by atoms with Gasteiger partial charge in [-0.05, 0) is 61.2 Å². The van der Waals surface area contributed by atoms with E-state index in [1.165, 1.54) is 28.6 Å². The highest BCUT2D eigenvalue weighted by atomic mass is 35.5. The lowest BCUT2D eigenvalue weighted by molar-refractivity contribution is -0.134. The highest BCUT2D eigenvalue weighted by Gasteiger charge is 2.22. The zero-order valence-electron chi connectivity index (χ0n) is 20.6. The molecule has 0 aliphatic carbocycles. The molecule has 36 heavy (non-hydrogen) atoms. The second kappa shape index (κ2) is 15.0. The number of amides is 2. The van der Waals surface area contributed by atoms with Crippen LogP contribution in [0.5, 0.6) is 11.5 Å². The number of rotatable bonds is 14. The number of hydroxylamine groups is 1. The van der Waals surface area contributed by atoms with Crippen molar-refractivity contribution in [2.24, 2.45) is 5.92 Å². The van der Waals surface area contributed by atoms with Crippen LogP contribution < -0.4 is 10.2 Å². The van der Waals surface area contributed by atoms with Gasteiger partial charge in [-0.15, -0.1) is 0 Å². The Hall–Kier alpha value is -2.40. The van der Waals surface area contributed by atoms with Gasteiger partial charge in [0.2, 0.25) is 5.91 Å². The van der Waals surface area contributed by atoms with Crippen LogP contribution in [0.1, 0.15) is 39.5 Å².